The largest absolute Gasteiger partial charge is 0.379 e. The smallest absolute Gasteiger partial charge is 0.0619 e. The summed E-state index contributed by atoms with van der Waals surface area (Å²) in [6.45, 7) is 11.1. The maximum Gasteiger partial charge on any atom is 0.0619 e. The van der Waals surface area contributed by atoms with Crippen LogP contribution in [0.1, 0.15) is 46.5 Å². The number of rotatable bonds is 4. The molecule has 1 aliphatic carbocycles. The number of ether oxygens (including phenoxy) is 1. The molecule has 106 valence electrons. The van der Waals surface area contributed by atoms with Crippen molar-refractivity contribution in [3.8, 4) is 0 Å². The van der Waals surface area contributed by atoms with Crippen molar-refractivity contribution in [2.45, 2.75) is 64.6 Å². The minimum absolute atomic E-state index is 0.583. The third-order valence-electron chi connectivity index (χ3n) is 4.58. The van der Waals surface area contributed by atoms with Gasteiger partial charge in [0.2, 0.25) is 0 Å². The van der Waals surface area contributed by atoms with E-state index in [0.717, 1.165) is 38.3 Å². The van der Waals surface area contributed by atoms with Gasteiger partial charge in [0.15, 0.2) is 0 Å². The first-order valence-electron chi connectivity index (χ1n) is 7.79. The summed E-state index contributed by atoms with van der Waals surface area (Å²) in [6.07, 6.45) is 5.32. The lowest BCUT2D eigenvalue weighted by Gasteiger charge is -2.46. The number of nitrogens with zero attached hydrogens (tertiary/aromatic N) is 1. The Balaban J connectivity index is 1.99. The summed E-state index contributed by atoms with van der Waals surface area (Å²) in [6, 6.07) is 2.00. The van der Waals surface area contributed by atoms with Crippen molar-refractivity contribution in [1.29, 1.82) is 0 Å². The first-order valence-corrected chi connectivity index (χ1v) is 7.79. The monoisotopic (exact) mass is 254 g/mol. The predicted octanol–water partition coefficient (Wildman–Crippen LogP) is 2.26. The van der Waals surface area contributed by atoms with E-state index in [1.165, 1.54) is 25.7 Å². The molecule has 1 aliphatic heterocycles. The van der Waals surface area contributed by atoms with Gasteiger partial charge >= 0.3 is 0 Å². The minimum atomic E-state index is 0.583. The zero-order chi connectivity index (χ0) is 13.0. The molecule has 1 saturated heterocycles. The third-order valence-corrected chi connectivity index (χ3v) is 4.58. The Bertz CT molecular complexity index is 245. The summed E-state index contributed by atoms with van der Waals surface area (Å²) >= 11 is 0. The average molecular weight is 254 g/mol. The molecule has 3 nitrogen and oxygen atoms in total. The van der Waals surface area contributed by atoms with Crippen molar-refractivity contribution in [2.24, 2.45) is 5.92 Å². The van der Waals surface area contributed by atoms with E-state index in [0.29, 0.717) is 12.1 Å². The van der Waals surface area contributed by atoms with Crippen molar-refractivity contribution in [2.75, 3.05) is 26.3 Å². The second-order valence-corrected chi connectivity index (χ2v) is 6.21. The van der Waals surface area contributed by atoms with Crippen LogP contribution in [0, 0.1) is 5.92 Å². The van der Waals surface area contributed by atoms with Crippen LogP contribution in [0.4, 0.5) is 0 Å². The lowest BCUT2D eigenvalue weighted by atomic mass is 9.81. The molecule has 2 rings (SSSR count). The highest BCUT2D eigenvalue weighted by Crippen LogP contribution is 2.29. The van der Waals surface area contributed by atoms with E-state index in [1.54, 1.807) is 0 Å². The Kier molecular flexibility index (Phi) is 5.46. The number of hydrogen-bond acceptors (Lipinski definition) is 3. The quantitative estimate of drug-likeness (QED) is 0.833. The van der Waals surface area contributed by atoms with Gasteiger partial charge in [0.1, 0.15) is 0 Å². The third kappa shape index (κ3) is 3.46. The summed E-state index contributed by atoms with van der Waals surface area (Å²) in [5, 5.41) is 3.78. The number of hydrogen-bond donors (Lipinski definition) is 1. The van der Waals surface area contributed by atoms with E-state index in [2.05, 4.69) is 31.0 Å². The van der Waals surface area contributed by atoms with Crippen LogP contribution < -0.4 is 5.32 Å². The fourth-order valence-corrected chi connectivity index (χ4v) is 3.52. The molecular weight excluding hydrogens is 224 g/mol. The van der Waals surface area contributed by atoms with Gasteiger partial charge < -0.3 is 10.1 Å². The topological polar surface area (TPSA) is 24.5 Å². The molecule has 18 heavy (non-hydrogen) atoms. The lowest BCUT2D eigenvalue weighted by Crippen LogP contribution is -2.58. The highest BCUT2D eigenvalue weighted by molar-refractivity contribution is 4.92. The van der Waals surface area contributed by atoms with Crippen molar-refractivity contribution < 1.29 is 4.74 Å². The molecule has 4 unspecified atom stereocenters. The van der Waals surface area contributed by atoms with Crippen LogP contribution in [0.15, 0.2) is 0 Å². The fourth-order valence-electron chi connectivity index (χ4n) is 3.52. The van der Waals surface area contributed by atoms with E-state index in [-0.39, 0.29) is 0 Å². The predicted molar refractivity (Wildman–Crippen MR) is 75.9 cm³/mol. The van der Waals surface area contributed by atoms with Gasteiger partial charge in [0.25, 0.3) is 0 Å². The summed E-state index contributed by atoms with van der Waals surface area (Å²) < 4.78 is 5.58. The summed E-state index contributed by atoms with van der Waals surface area (Å²) in [4.78, 5) is 2.70. The van der Waals surface area contributed by atoms with Crippen molar-refractivity contribution >= 4 is 0 Å². The number of morpholine rings is 1. The van der Waals surface area contributed by atoms with Crippen molar-refractivity contribution in [1.82, 2.24) is 10.2 Å². The zero-order valence-electron chi connectivity index (χ0n) is 12.3. The maximum absolute atomic E-state index is 5.58. The Morgan fingerprint density at radius 2 is 2.11 bits per heavy atom. The molecule has 0 aromatic rings. The average Bonchev–Trinajstić information content (AvgIpc) is 2.38. The lowest BCUT2D eigenvalue weighted by molar-refractivity contribution is -0.0413. The summed E-state index contributed by atoms with van der Waals surface area (Å²) in [7, 11) is 0. The number of nitrogens with one attached hydrogen (secondary N) is 1. The molecule has 1 heterocycles. The molecule has 0 aromatic heterocycles. The van der Waals surface area contributed by atoms with Crippen LogP contribution >= 0.6 is 0 Å². The standard InChI is InChI=1S/C15H30N2O/c1-4-7-16-14-6-5-12(2)10-15(14)17-8-9-18-11-13(17)3/h12-16H,4-11H2,1-3H3. The van der Waals surface area contributed by atoms with Crippen molar-refractivity contribution in [3.05, 3.63) is 0 Å². The summed E-state index contributed by atoms with van der Waals surface area (Å²) in [5.41, 5.74) is 0. The van der Waals surface area contributed by atoms with Crippen LogP contribution in [-0.4, -0.2) is 49.3 Å². The van der Waals surface area contributed by atoms with E-state index in [4.69, 9.17) is 4.74 Å². The Morgan fingerprint density at radius 3 is 2.83 bits per heavy atom. The van der Waals surface area contributed by atoms with Gasteiger partial charge in [-0.05, 0) is 45.1 Å². The van der Waals surface area contributed by atoms with Crippen LogP contribution in [0.3, 0.4) is 0 Å². The molecule has 0 radical (unpaired) electrons. The van der Waals surface area contributed by atoms with Gasteiger partial charge in [-0.25, -0.2) is 0 Å². The molecule has 0 bridgehead atoms. The first-order chi connectivity index (χ1) is 8.72. The molecule has 2 fully saturated rings. The molecule has 4 atom stereocenters. The van der Waals surface area contributed by atoms with Gasteiger partial charge in [-0.15, -0.1) is 0 Å². The first kappa shape index (κ1) is 14.3. The molecular formula is C15H30N2O. The van der Waals surface area contributed by atoms with Gasteiger partial charge in [-0.1, -0.05) is 13.8 Å². The van der Waals surface area contributed by atoms with Crippen LogP contribution in [0.5, 0.6) is 0 Å². The highest BCUT2D eigenvalue weighted by atomic mass is 16.5. The van der Waals surface area contributed by atoms with Crippen LogP contribution in [-0.2, 0) is 4.74 Å². The Morgan fingerprint density at radius 1 is 1.28 bits per heavy atom. The second-order valence-electron chi connectivity index (χ2n) is 6.21. The second kappa shape index (κ2) is 6.88. The molecule has 1 N–H and O–H groups in total. The van der Waals surface area contributed by atoms with Gasteiger partial charge in [-0.2, -0.15) is 0 Å². The SMILES string of the molecule is CCCNC1CCC(C)CC1N1CCOCC1C. The molecule has 3 heteroatoms. The zero-order valence-corrected chi connectivity index (χ0v) is 12.3. The van der Waals surface area contributed by atoms with E-state index in [9.17, 15) is 0 Å². The van der Waals surface area contributed by atoms with E-state index >= 15 is 0 Å². The van der Waals surface area contributed by atoms with E-state index < -0.39 is 0 Å². The molecule has 0 aromatic carbocycles. The molecule has 1 saturated carbocycles. The van der Waals surface area contributed by atoms with Gasteiger partial charge in [-0.3, -0.25) is 4.90 Å². The van der Waals surface area contributed by atoms with Crippen molar-refractivity contribution in [3.63, 3.8) is 0 Å². The Labute approximate surface area is 112 Å². The molecule has 0 spiro atoms. The summed E-state index contributed by atoms with van der Waals surface area (Å²) in [5.74, 6) is 0.879. The van der Waals surface area contributed by atoms with Crippen LogP contribution in [0.25, 0.3) is 0 Å². The normalized spacial score (nSPS) is 38.8. The van der Waals surface area contributed by atoms with Gasteiger partial charge in [0, 0.05) is 24.7 Å². The van der Waals surface area contributed by atoms with Crippen LogP contribution in [0.2, 0.25) is 0 Å². The molecule has 0 amide bonds. The Hall–Kier alpha value is -0.120. The van der Waals surface area contributed by atoms with Gasteiger partial charge in [0.05, 0.1) is 13.2 Å². The highest BCUT2D eigenvalue weighted by Gasteiger charge is 2.35. The maximum atomic E-state index is 5.58. The fraction of sp³-hybridized carbons (Fsp3) is 1.00. The molecule has 2 aliphatic rings. The minimum Gasteiger partial charge on any atom is -0.379 e. The van der Waals surface area contributed by atoms with E-state index in [1.807, 2.05) is 0 Å².